The van der Waals surface area contributed by atoms with E-state index in [1.54, 1.807) is 11.9 Å². The van der Waals surface area contributed by atoms with E-state index < -0.39 is 0 Å². The normalized spacial score (nSPS) is 22.9. The lowest BCUT2D eigenvalue weighted by molar-refractivity contribution is -0.114. The van der Waals surface area contributed by atoms with Crippen molar-refractivity contribution in [3.8, 4) is 0 Å². The maximum absolute atomic E-state index is 13.1. The van der Waals surface area contributed by atoms with Gasteiger partial charge in [0, 0.05) is 35.6 Å². The van der Waals surface area contributed by atoms with E-state index >= 15 is 0 Å². The van der Waals surface area contributed by atoms with Crippen molar-refractivity contribution in [2.75, 3.05) is 25.0 Å². The number of anilines is 1. The predicted octanol–water partition coefficient (Wildman–Crippen LogP) is 5.57. The molecule has 2 aromatic carbocycles. The first-order valence-electron chi connectivity index (χ1n) is 10.2. The van der Waals surface area contributed by atoms with E-state index in [4.69, 9.17) is 11.6 Å². The minimum Gasteiger partial charge on any atom is -0.338 e. The number of nitrogens with zero attached hydrogens (tertiary/aromatic N) is 2. The fourth-order valence-corrected chi connectivity index (χ4v) is 5.55. The Hall–Kier alpha value is -2.24. The number of halogens is 1. The van der Waals surface area contributed by atoms with Gasteiger partial charge in [0.15, 0.2) is 0 Å². The van der Waals surface area contributed by atoms with Gasteiger partial charge in [0.1, 0.15) is 0 Å². The average molecular weight is 441 g/mol. The Morgan fingerprint density at radius 3 is 2.53 bits per heavy atom. The number of amides is 2. The first-order chi connectivity index (χ1) is 14.3. The van der Waals surface area contributed by atoms with Crippen LogP contribution < -0.4 is 4.90 Å². The van der Waals surface area contributed by atoms with E-state index in [0.717, 1.165) is 35.7 Å². The van der Waals surface area contributed by atoms with Crippen molar-refractivity contribution in [2.24, 2.45) is 11.8 Å². The topological polar surface area (TPSA) is 40.6 Å². The molecule has 4 rings (SSSR count). The molecule has 0 aliphatic carbocycles. The van der Waals surface area contributed by atoms with Crippen LogP contribution in [0.25, 0.3) is 6.08 Å². The van der Waals surface area contributed by atoms with Gasteiger partial charge in [-0.15, -0.1) is 0 Å². The van der Waals surface area contributed by atoms with Gasteiger partial charge in [0.25, 0.3) is 11.8 Å². The van der Waals surface area contributed by atoms with Crippen LogP contribution in [0.4, 0.5) is 5.69 Å². The third kappa shape index (κ3) is 4.14. The number of rotatable bonds is 2. The van der Waals surface area contributed by atoms with Crippen molar-refractivity contribution in [1.82, 2.24) is 4.90 Å². The van der Waals surface area contributed by atoms with Gasteiger partial charge in [-0.25, -0.2) is 0 Å². The summed E-state index contributed by atoms with van der Waals surface area (Å²) in [6.07, 6.45) is 2.98. The molecule has 2 heterocycles. The number of carbonyl (C=O) groups excluding carboxylic acids is 2. The SMILES string of the molecule is CC1CC(C)CN(C(=O)c2ccc3c(c2)N(C)C(=O)C(=Cc2ccccc2Cl)S3)C1. The quantitative estimate of drug-likeness (QED) is 0.573. The molecule has 1 fully saturated rings. The molecule has 2 aliphatic heterocycles. The van der Waals surface area contributed by atoms with E-state index in [1.807, 2.05) is 53.4 Å². The highest BCUT2D eigenvalue weighted by molar-refractivity contribution is 8.04. The first-order valence-corrected chi connectivity index (χ1v) is 11.4. The van der Waals surface area contributed by atoms with Gasteiger partial charge in [-0.2, -0.15) is 0 Å². The number of carbonyl (C=O) groups is 2. The molecule has 0 radical (unpaired) electrons. The van der Waals surface area contributed by atoms with E-state index in [-0.39, 0.29) is 11.8 Å². The molecular weight excluding hydrogens is 416 g/mol. The second-order valence-corrected chi connectivity index (χ2v) is 9.83. The molecule has 30 heavy (non-hydrogen) atoms. The van der Waals surface area contributed by atoms with Gasteiger partial charge in [-0.3, -0.25) is 9.59 Å². The van der Waals surface area contributed by atoms with Gasteiger partial charge >= 0.3 is 0 Å². The molecular formula is C24H25ClN2O2S. The molecule has 2 amide bonds. The van der Waals surface area contributed by atoms with Gasteiger partial charge in [-0.05, 0) is 54.2 Å². The Labute approximate surface area is 186 Å². The Morgan fingerprint density at radius 2 is 1.83 bits per heavy atom. The Bertz CT molecular complexity index is 1030. The van der Waals surface area contributed by atoms with Crippen LogP contribution in [0.15, 0.2) is 52.3 Å². The van der Waals surface area contributed by atoms with Crippen molar-refractivity contribution >= 4 is 46.9 Å². The number of hydrogen-bond donors (Lipinski definition) is 0. The summed E-state index contributed by atoms with van der Waals surface area (Å²) < 4.78 is 0. The van der Waals surface area contributed by atoms with Crippen LogP contribution >= 0.6 is 23.4 Å². The molecule has 0 bridgehead atoms. The van der Waals surface area contributed by atoms with Crippen molar-refractivity contribution in [3.63, 3.8) is 0 Å². The lowest BCUT2D eigenvalue weighted by Crippen LogP contribution is -2.42. The summed E-state index contributed by atoms with van der Waals surface area (Å²) in [5.74, 6) is 0.956. The van der Waals surface area contributed by atoms with Crippen LogP contribution in [0.2, 0.25) is 5.02 Å². The van der Waals surface area contributed by atoms with Gasteiger partial charge in [0.2, 0.25) is 0 Å². The Balaban J connectivity index is 1.62. The van der Waals surface area contributed by atoms with Crippen molar-refractivity contribution < 1.29 is 9.59 Å². The molecule has 0 spiro atoms. The maximum atomic E-state index is 13.1. The summed E-state index contributed by atoms with van der Waals surface area (Å²) in [6, 6.07) is 13.1. The van der Waals surface area contributed by atoms with Crippen LogP contribution in [0.3, 0.4) is 0 Å². The zero-order valence-electron chi connectivity index (χ0n) is 17.4. The van der Waals surface area contributed by atoms with Gasteiger partial charge < -0.3 is 9.80 Å². The Kier molecular flexibility index (Phi) is 5.94. The highest BCUT2D eigenvalue weighted by Crippen LogP contribution is 2.42. The molecule has 156 valence electrons. The maximum Gasteiger partial charge on any atom is 0.264 e. The molecule has 2 unspecified atom stereocenters. The summed E-state index contributed by atoms with van der Waals surface area (Å²) >= 11 is 7.67. The third-order valence-electron chi connectivity index (χ3n) is 5.65. The van der Waals surface area contributed by atoms with Crippen molar-refractivity contribution in [2.45, 2.75) is 25.2 Å². The predicted molar refractivity (Wildman–Crippen MR) is 124 cm³/mol. The lowest BCUT2D eigenvalue weighted by Gasteiger charge is -2.35. The number of likely N-dealkylation sites (N-methyl/N-ethyl adjacent to an activating group) is 1. The summed E-state index contributed by atoms with van der Waals surface area (Å²) in [5, 5.41) is 0.609. The highest BCUT2D eigenvalue weighted by Gasteiger charge is 2.30. The molecule has 0 N–H and O–H groups in total. The molecule has 0 saturated carbocycles. The second kappa shape index (κ2) is 8.48. The number of fused-ring (bicyclic) bond motifs is 1. The largest absolute Gasteiger partial charge is 0.338 e. The molecule has 2 atom stereocenters. The van der Waals surface area contributed by atoms with Crippen LogP contribution in [-0.2, 0) is 4.79 Å². The number of benzene rings is 2. The number of hydrogen-bond acceptors (Lipinski definition) is 3. The number of likely N-dealkylation sites (tertiary alicyclic amines) is 1. The highest BCUT2D eigenvalue weighted by atomic mass is 35.5. The minimum atomic E-state index is -0.0998. The zero-order chi connectivity index (χ0) is 21.4. The monoisotopic (exact) mass is 440 g/mol. The van der Waals surface area contributed by atoms with E-state index in [1.165, 1.54) is 11.8 Å². The standard InChI is InChI=1S/C24H25ClN2O2S/c1-15-10-16(2)14-27(13-15)23(28)18-8-9-21-20(11-18)26(3)24(29)22(30-21)12-17-6-4-5-7-19(17)25/h4-9,11-12,15-16H,10,13-14H2,1-3H3. The number of thioether (sulfide) groups is 1. The molecule has 2 aliphatic rings. The average Bonchev–Trinajstić information content (AvgIpc) is 2.72. The van der Waals surface area contributed by atoms with Crippen LogP contribution in [-0.4, -0.2) is 36.9 Å². The fraction of sp³-hybridized carbons (Fsp3) is 0.333. The second-order valence-electron chi connectivity index (χ2n) is 8.34. The van der Waals surface area contributed by atoms with Gasteiger partial charge in [-0.1, -0.05) is 55.4 Å². The molecule has 2 aromatic rings. The molecule has 1 saturated heterocycles. The molecule has 4 nitrogen and oxygen atoms in total. The lowest BCUT2D eigenvalue weighted by atomic mass is 9.91. The van der Waals surface area contributed by atoms with Crippen molar-refractivity contribution in [3.05, 3.63) is 63.5 Å². The fourth-order valence-electron chi connectivity index (χ4n) is 4.27. The molecule has 0 aromatic heterocycles. The summed E-state index contributed by atoms with van der Waals surface area (Å²) in [5.41, 5.74) is 2.21. The summed E-state index contributed by atoms with van der Waals surface area (Å²) in [6.45, 7) is 5.96. The van der Waals surface area contributed by atoms with E-state index in [2.05, 4.69) is 13.8 Å². The smallest absolute Gasteiger partial charge is 0.264 e. The summed E-state index contributed by atoms with van der Waals surface area (Å²) in [7, 11) is 1.75. The Morgan fingerprint density at radius 1 is 1.13 bits per heavy atom. The van der Waals surface area contributed by atoms with Crippen molar-refractivity contribution in [1.29, 1.82) is 0 Å². The summed E-state index contributed by atoms with van der Waals surface area (Å²) in [4.78, 5) is 31.2. The van der Waals surface area contributed by atoms with Gasteiger partial charge in [0.05, 0.1) is 10.6 Å². The molecule has 6 heteroatoms. The minimum absolute atomic E-state index is 0.0412. The van der Waals surface area contributed by atoms with Crippen LogP contribution in [0, 0.1) is 11.8 Å². The van der Waals surface area contributed by atoms with E-state index in [0.29, 0.717) is 27.3 Å². The first kappa shape index (κ1) is 21.0. The van der Waals surface area contributed by atoms with Crippen LogP contribution in [0.5, 0.6) is 0 Å². The van der Waals surface area contributed by atoms with E-state index in [9.17, 15) is 9.59 Å². The van der Waals surface area contributed by atoms with Crippen LogP contribution in [0.1, 0.15) is 36.2 Å². The third-order valence-corrected chi connectivity index (χ3v) is 7.07. The number of piperidine rings is 1. The zero-order valence-corrected chi connectivity index (χ0v) is 19.0.